The summed E-state index contributed by atoms with van der Waals surface area (Å²) in [4.78, 5) is 0. The van der Waals surface area contributed by atoms with Crippen molar-refractivity contribution in [3.63, 3.8) is 0 Å². The van der Waals surface area contributed by atoms with Gasteiger partial charge in [-0.15, -0.1) is 0 Å². The van der Waals surface area contributed by atoms with Crippen LogP contribution in [0, 0.1) is 5.82 Å². The second kappa shape index (κ2) is 9.19. The minimum absolute atomic E-state index is 0.140. The van der Waals surface area contributed by atoms with E-state index in [1.54, 1.807) is 12.1 Å². The molecule has 118 valence electrons. The molecule has 0 bridgehead atoms. The highest BCUT2D eigenvalue weighted by molar-refractivity contribution is 5.20. The molecular formula is C19H30FN. The molecule has 21 heavy (non-hydrogen) atoms. The summed E-state index contributed by atoms with van der Waals surface area (Å²) in [6.07, 6.45) is 13.0. The van der Waals surface area contributed by atoms with Crippen LogP contribution >= 0.6 is 0 Å². The van der Waals surface area contributed by atoms with E-state index in [-0.39, 0.29) is 5.82 Å². The Hall–Kier alpha value is -0.890. The number of hydrogen-bond acceptors (Lipinski definition) is 1. The second-order valence-electron chi connectivity index (χ2n) is 6.46. The first-order chi connectivity index (χ1) is 10.3. The zero-order valence-electron chi connectivity index (χ0n) is 13.4. The van der Waals surface area contributed by atoms with Crippen LogP contribution in [0.1, 0.15) is 82.7 Å². The van der Waals surface area contributed by atoms with Crippen molar-refractivity contribution in [2.24, 2.45) is 0 Å². The molecule has 0 heterocycles. The fourth-order valence-corrected chi connectivity index (χ4v) is 3.36. The van der Waals surface area contributed by atoms with Gasteiger partial charge in [0.1, 0.15) is 5.82 Å². The summed E-state index contributed by atoms with van der Waals surface area (Å²) < 4.78 is 13.1. The van der Waals surface area contributed by atoms with Crippen molar-refractivity contribution in [2.45, 2.75) is 83.2 Å². The maximum atomic E-state index is 13.1. The third-order valence-corrected chi connectivity index (χ3v) is 4.66. The first-order valence-electron chi connectivity index (χ1n) is 8.81. The number of benzene rings is 1. The van der Waals surface area contributed by atoms with E-state index in [4.69, 9.17) is 0 Å². The Balaban J connectivity index is 1.98. The zero-order chi connectivity index (χ0) is 14.9. The van der Waals surface area contributed by atoms with Crippen molar-refractivity contribution >= 4 is 0 Å². The average molecular weight is 291 g/mol. The van der Waals surface area contributed by atoms with E-state index >= 15 is 0 Å². The van der Waals surface area contributed by atoms with E-state index in [9.17, 15) is 4.39 Å². The standard InChI is InChI=1S/C19H30FN/c1-2-3-11-19(16-12-14-17(20)15-13-16)21-18-9-7-5-4-6-8-10-18/h12-15,18-19,21H,2-11H2,1H3. The molecule has 0 amide bonds. The van der Waals surface area contributed by atoms with Crippen LogP contribution in [0.4, 0.5) is 4.39 Å². The molecule has 1 unspecified atom stereocenters. The van der Waals surface area contributed by atoms with Crippen molar-refractivity contribution in [1.82, 2.24) is 5.32 Å². The fourth-order valence-electron chi connectivity index (χ4n) is 3.36. The number of halogens is 1. The van der Waals surface area contributed by atoms with Gasteiger partial charge >= 0.3 is 0 Å². The number of hydrogen-bond donors (Lipinski definition) is 1. The molecular weight excluding hydrogens is 261 g/mol. The van der Waals surface area contributed by atoms with Gasteiger partial charge in [-0.2, -0.15) is 0 Å². The van der Waals surface area contributed by atoms with Crippen molar-refractivity contribution < 1.29 is 4.39 Å². The Morgan fingerprint density at radius 3 is 2.29 bits per heavy atom. The minimum Gasteiger partial charge on any atom is -0.307 e. The highest BCUT2D eigenvalue weighted by atomic mass is 19.1. The lowest BCUT2D eigenvalue weighted by molar-refractivity contribution is 0.341. The van der Waals surface area contributed by atoms with Gasteiger partial charge in [-0.1, -0.05) is 64.0 Å². The molecule has 1 aromatic carbocycles. The molecule has 1 fully saturated rings. The Kier molecular flexibility index (Phi) is 7.21. The smallest absolute Gasteiger partial charge is 0.123 e. The molecule has 2 heteroatoms. The minimum atomic E-state index is -0.140. The molecule has 1 N–H and O–H groups in total. The Morgan fingerprint density at radius 2 is 1.67 bits per heavy atom. The predicted octanol–water partition coefficient (Wildman–Crippen LogP) is 5.76. The topological polar surface area (TPSA) is 12.0 Å². The Labute approximate surface area is 129 Å². The summed E-state index contributed by atoms with van der Waals surface area (Å²) in [5.41, 5.74) is 1.24. The molecule has 1 nitrogen and oxygen atoms in total. The largest absolute Gasteiger partial charge is 0.307 e. The fraction of sp³-hybridized carbons (Fsp3) is 0.684. The molecule has 2 rings (SSSR count). The van der Waals surface area contributed by atoms with E-state index in [1.165, 1.54) is 63.4 Å². The molecule has 0 aliphatic heterocycles. The molecule has 1 aliphatic carbocycles. The van der Waals surface area contributed by atoms with Crippen molar-refractivity contribution in [3.8, 4) is 0 Å². The Bertz CT molecular complexity index is 379. The summed E-state index contributed by atoms with van der Waals surface area (Å²) in [6.45, 7) is 2.23. The number of rotatable bonds is 6. The van der Waals surface area contributed by atoms with E-state index in [2.05, 4.69) is 12.2 Å². The normalized spacial score (nSPS) is 19.0. The van der Waals surface area contributed by atoms with Crippen LogP contribution in [0.15, 0.2) is 24.3 Å². The molecule has 0 aromatic heterocycles. The van der Waals surface area contributed by atoms with Crippen LogP contribution in [0.25, 0.3) is 0 Å². The van der Waals surface area contributed by atoms with Gasteiger partial charge < -0.3 is 5.32 Å². The van der Waals surface area contributed by atoms with Crippen LogP contribution in [0.2, 0.25) is 0 Å². The summed E-state index contributed by atoms with van der Waals surface area (Å²) in [5.74, 6) is -0.140. The third-order valence-electron chi connectivity index (χ3n) is 4.66. The van der Waals surface area contributed by atoms with Crippen LogP contribution < -0.4 is 5.32 Å². The van der Waals surface area contributed by atoms with E-state index < -0.39 is 0 Å². The average Bonchev–Trinajstić information content (AvgIpc) is 2.46. The highest BCUT2D eigenvalue weighted by Gasteiger charge is 2.17. The quantitative estimate of drug-likeness (QED) is 0.702. The van der Waals surface area contributed by atoms with Gasteiger partial charge in [0.05, 0.1) is 0 Å². The summed E-state index contributed by atoms with van der Waals surface area (Å²) in [7, 11) is 0. The highest BCUT2D eigenvalue weighted by Crippen LogP contribution is 2.24. The molecule has 0 spiro atoms. The van der Waals surface area contributed by atoms with Crippen molar-refractivity contribution in [3.05, 3.63) is 35.6 Å². The molecule has 0 saturated heterocycles. The van der Waals surface area contributed by atoms with Crippen LogP contribution in [0.5, 0.6) is 0 Å². The SMILES string of the molecule is CCCCC(NC1CCCCCCC1)c1ccc(F)cc1. The van der Waals surface area contributed by atoms with Crippen molar-refractivity contribution in [1.29, 1.82) is 0 Å². The van der Waals surface area contributed by atoms with E-state index in [0.29, 0.717) is 12.1 Å². The predicted molar refractivity (Wildman–Crippen MR) is 87.9 cm³/mol. The van der Waals surface area contributed by atoms with Gasteiger partial charge in [0.15, 0.2) is 0 Å². The first kappa shape index (κ1) is 16.5. The van der Waals surface area contributed by atoms with Gasteiger partial charge in [-0.05, 0) is 37.0 Å². The van der Waals surface area contributed by atoms with Crippen LogP contribution in [-0.2, 0) is 0 Å². The zero-order valence-corrected chi connectivity index (χ0v) is 13.4. The first-order valence-corrected chi connectivity index (χ1v) is 8.81. The maximum absolute atomic E-state index is 13.1. The molecule has 1 atom stereocenters. The van der Waals surface area contributed by atoms with Crippen LogP contribution in [0.3, 0.4) is 0 Å². The van der Waals surface area contributed by atoms with Gasteiger partial charge in [0, 0.05) is 12.1 Å². The lowest BCUT2D eigenvalue weighted by Gasteiger charge is -2.27. The lowest BCUT2D eigenvalue weighted by Crippen LogP contribution is -2.33. The van der Waals surface area contributed by atoms with Gasteiger partial charge in [0.2, 0.25) is 0 Å². The second-order valence-corrected chi connectivity index (χ2v) is 6.46. The summed E-state index contributed by atoms with van der Waals surface area (Å²) in [5, 5.41) is 3.87. The third kappa shape index (κ3) is 5.78. The Morgan fingerprint density at radius 1 is 1.05 bits per heavy atom. The van der Waals surface area contributed by atoms with Crippen molar-refractivity contribution in [2.75, 3.05) is 0 Å². The summed E-state index contributed by atoms with van der Waals surface area (Å²) >= 11 is 0. The van der Waals surface area contributed by atoms with E-state index in [0.717, 1.165) is 6.42 Å². The van der Waals surface area contributed by atoms with Gasteiger partial charge in [-0.25, -0.2) is 4.39 Å². The summed E-state index contributed by atoms with van der Waals surface area (Å²) in [6, 6.07) is 8.10. The van der Waals surface area contributed by atoms with Gasteiger partial charge in [-0.3, -0.25) is 0 Å². The van der Waals surface area contributed by atoms with Crippen LogP contribution in [-0.4, -0.2) is 6.04 Å². The molecule has 1 saturated carbocycles. The monoisotopic (exact) mass is 291 g/mol. The molecule has 1 aromatic rings. The molecule has 1 aliphatic rings. The maximum Gasteiger partial charge on any atom is 0.123 e. The molecule has 0 radical (unpaired) electrons. The lowest BCUT2D eigenvalue weighted by atomic mass is 9.94. The van der Waals surface area contributed by atoms with Gasteiger partial charge in [0.25, 0.3) is 0 Å². The van der Waals surface area contributed by atoms with E-state index in [1.807, 2.05) is 12.1 Å². The number of unbranched alkanes of at least 4 members (excludes halogenated alkanes) is 1. The number of nitrogens with one attached hydrogen (secondary N) is 1.